The van der Waals surface area contributed by atoms with Crippen LogP contribution in [0.15, 0.2) is 59.6 Å². The van der Waals surface area contributed by atoms with E-state index in [1.807, 2.05) is 42.5 Å². The molecule has 0 spiro atoms. The molecule has 3 aromatic rings. The fraction of sp³-hybridized carbons (Fsp3) is 0.192. The summed E-state index contributed by atoms with van der Waals surface area (Å²) in [5.41, 5.74) is 6.96. The van der Waals surface area contributed by atoms with Gasteiger partial charge in [0.25, 0.3) is 0 Å². The zero-order valence-electron chi connectivity index (χ0n) is 18.3. The Bertz CT molecular complexity index is 1280. The van der Waals surface area contributed by atoms with Crippen molar-refractivity contribution in [1.29, 1.82) is 5.26 Å². The van der Waals surface area contributed by atoms with Crippen LogP contribution < -0.4 is 5.32 Å². The van der Waals surface area contributed by atoms with Crippen molar-refractivity contribution in [2.24, 2.45) is 4.99 Å². The van der Waals surface area contributed by atoms with Crippen LogP contribution in [0.3, 0.4) is 0 Å². The molecule has 0 saturated heterocycles. The highest BCUT2D eigenvalue weighted by Gasteiger charge is 2.26. The smallest absolute Gasteiger partial charge is 0.246 e. The van der Waals surface area contributed by atoms with E-state index in [1.165, 1.54) is 0 Å². The molecule has 6 nitrogen and oxygen atoms in total. The molecule has 0 aliphatic carbocycles. The summed E-state index contributed by atoms with van der Waals surface area (Å²) in [4.78, 5) is 17.2. The van der Waals surface area contributed by atoms with Gasteiger partial charge in [-0.1, -0.05) is 35.9 Å². The molecule has 1 aliphatic rings. The predicted octanol–water partition coefficient (Wildman–Crippen LogP) is 4.96. The van der Waals surface area contributed by atoms with Crippen LogP contribution in [0, 0.1) is 11.3 Å². The van der Waals surface area contributed by atoms with Crippen LogP contribution in [0.4, 0.5) is 5.69 Å². The minimum Gasteiger partial charge on any atom is -0.380 e. The highest BCUT2D eigenvalue weighted by Crippen LogP contribution is 2.38. The van der Waals surface area contributed by atoms with E-state index in [-0.39, 0.29) is 19.1 Å². The number of methoxy groups -OCH3 is 2. The fourth-order valence-corrected chi connectivity index (χ4v) is 4.22. The van der Waals surface area contributed by atoms with Gasteiger partial charge in [0.1, 0.15) is 6.54 Å². The zero-order valence-corrected chi connectivity index (χ0v) is 19.1. The molecule has 1 amide bonds. The summed E-state index contributed by atoms with van der Waals surface area (Å²) >= 11 is 6.14. The molecular formula is C26H22ClN3O3. The monoisotopic (exact) mass is 459 g/mol. The number of amides is 1. The average molecular weight is 460 g/mol. The van der Waals surface area contributed by atoms with Crippen LogP contribution in [0.5, 0.6) is 0 Å². The Kier molecular flexibility index (Phi) is 6.85. The lowest BCUT2D eigenvalue weighted by atomic mass is 9.86. The van der Waals surface area contributed by atoms with E-state index in [9.17, 15) is 10.1 Å². The Labute approximate surface area is 197 Å². The van der Waals surface area contributed by atoms with E-state index in [4.69, 9.17) is 21.1 Å². The van der Waals surface area contributed by atoms with Gasteiger partial charge in [-0.25, -0.2) is 0 Å². The summed E-state index contributed by atoms with van der Waals surface area (Å²) in [6, 6.07) is 18.9. The number of ether oxygens (including phenoxy) is 2. The third-order valence-electron chi connectivity index (χ3n) is 5.39. The highest BCUT2D eigenvalue weighted by molar-refractivity contribution is 6.30. The summed E-state index contributed by atoms with van der Waals surface area (Å²) < 4.78 is 11.1. The molecule has 4 rings (SSSR count). The van der Waals surface area contributed by atoms with Gasteiger partial charge in [0.15, 0.2) is 0 Å². The molecule has 0 atom stereocenters. The molecule has 0 bridgehead atoms. The lowest BCUT2D eigenvalue weighted by Gasteiger charge is -2.22. The molecule has 1 aliphatic heterocycles. The first-order valence-corrected chi connectivity index (χ1v) is 10.7. The Morgan fingerprint density at radius 3 is 2.48 bits per heavy atom. The number of benzene rings is 3. The number of carbonyl (C=O) groups excluding carboxylic acids is 1. The van der Waals surface area contributed by atoms with Crippen molar-refractivity contribution < 1.29 is 14.3 Å². The quantitative estimate of drug-likeness (QED) is 0.564. The molecule has 33 heavy (non-hydrogen) atoms. The average Bonchev–Trinajstić information content (AvgIpc) is 2.98. The van der Waals surface area contributed by atoms with Gasteiger partial charge >= 0.3 is 0 Å². The number of halogens is 1. The minimum atomic E-state index is -0.214. The number of nitrogens with one attached hydrogen (secondary N) is 1. The van der Waals surface area contributed by atoms with Crippen LogP contribution in [0.25, 0.3) is 11.1 Å². The number of nitrogens with zero attached hydrogens (tertiary/aromatic N) is 2. The molecule has 166 valence electrons. The third kappa shape index (κ3) is 4.67. The normalized spacial score (nSPS) is 12.9. The molecule has 1 heterocycles. The number of hydrogen-bond acceptors (Lipinski definition) is 5. The largest absolute Gasteiger partial charge is 0.380 e. The van der Waals surface area contributed by atoms with Gasteiger partial charge in [0.05, 0.1) is 36.2 Å². The zero-order chi connectivity index (χ0) is 23.4. The fourth-order valence-electron chi connectivity index (χ4n) is 4.09. The number of fused-ring (bicyclic) bond motifs is 1. The second kappa shape index (κ2) is 9.97. The van der Waals surface area contributed by atoms with Gasteiger partial charge in [0, 0.05) is 30.4 Å². The second-order valence-electron chi connectivity index (χ2n) is 7.59. The Balaban J connectivity index is 2.06. The topological polar surface area (TPSA) is 83.7 Å². The lowest BCUT2D eigenvalue weighted by molar-refractivity contribution is -0.114. The van der Waals surface area contributed by atoms with Gasteiger partial charge in [-0.15, -0.1) is 0 Å². The molecule has 0 aromatic heterocycles. The first-order valence-electron chi connectivity index (χ1n) is 10.3. The van der Waals surface area contributed by atoms with E-state index in [2.05, 4.69) is 16.4 Å². The van der Waals surface area contributed by atoms with Crippen molar-refractivity contribution in [1.82, 2.24) is 0 Å². The van der Waals surface area contributed by atoms with E-state index >= 15 is 0 Å². The minimum absolute atomic E-state index is 0.0247. The summed E-state index contributed by atoms with van der Waals surface area (Å²) in [5, 5.41) is 13.0. The van der Waals surface area contributed by atoms with Crippen LogP contribution in [-0.4, -0.2) is 32.4 Å². The first kappa shape index (κ1) is 22.7. The molecule has 0 fully saturated rings. The number of hydrogen-bond donors (Lipinski definition) is 1. The molecule has 1 N–H and O–H groups in total. The van der Waals surface area contributed by atoms with E-state index in [0.29, 0.717) is 28.6 Å². The molecular weight excluding hydrogens is 438 g/mol. The lowest BCUT2D eigenvalue weighted by Crippen LogP contribution is -2.16. The summed E-state index contributed by atoms with van der Waals surface area (Å²) in [6.07, 6.45) is 0. The molecule has 7 heteroatoms. The number of anilines is 1. The van der Waals surface area contributed by atoms with Crippen molar-refractivity contribution in [3.8, 4) is 17.2 Å². The van der Waals surface area contributed by atoms with E-state index in [0.717, 1.165) is 33.4 Å². The Morgan fingerprint density at radius 1 is 1.03 bits per heavy atom. The number of benzodiazepines with no additional fused rings is 1. The van der Waals surface area contributed by atoms with Crippen molar-refractivity contribution in [2.45, 2.75) is 13.2 Å². The maximum Gasteiger partial charge on any atom is 0.246 e. The SMILES string of the molecule is COCc1cc2c(c(COC)c1-c1ccc(Cl)cc1)C(c1cccc(C#N)c1)=NCC(=O)N2. The predicted molar refractivity (Wildman–Crippen MR) is 129 cm³/mol. The van der Waals surface area contributed by atoms with Gasteiger partial charge < -0.3 is 14.8 Å². The number of nitriles is 1. The molecule has 0 radical (unpaired) electrons. The molecule has 3 aromatic carbocycles. The van der Waals surface area contributed by atoms with Crippen LogP contribution in [0.2, 0.25) is 5.02 Å². The molecule has 0 unspecified atom stereocenters. The Hall–Kier alpha value is -3.50. The van der Waals surface area contributed by atoms with Gasteiger partial charge in [-0.2, -0.15) is 5.26 Å². The van der Waals surface area contributed by atoms with Gasteiger partial charge in [0.2, 0.25) is 5.91 Å². The maximum absolute atomic E-state index is 12.5. The van der Waals surface area contributed by atoms with Crippen LogP contribution >= 0.6 is 11.6 Å². The second-order valence-corrected chi connectivity index (χ2v) is 8.03. The van der Waals surface area contributed by atoms with Gasteiger partial charge in [-0.05, 0) is 52.6 Å². The summed E-state index contributed by atoms with van der Waals surface area (Å²) in [7, 11) is 3.26. The summed E-state index contributed by atoms with van der Waals surface area (Å²) in [6.45, 7) is 0.599. The highest BCUT2D eigenvalue weighted by atomic mass is 35.5. The van der Waals surface area contributed by atoms with Gasteiger partial charge in [-0.3, -0.25) is 9.79 Å². The van der Waals surface area contributed by atoms with Crippen molar-refractivity contribution in [3.63, 3.8) is 0 Å². The summed E-state index contributed by atoms with van der Waals surface area (Å²) in [5.74, 6) is -0.214. The standard InChI is InChI=1S/C26H22ClN3O3/c1-32-14-19-11-22-25(21(15-33-2)24(19)17-6-8-20(27)9-7-17)26(29-13-23(31)30-22)18-5-3-4-16(10-18)12-28/h3-11H,13-15H2,1-2H3,(H,30,31). The number of carbonyl (C=O) groups is 1. The van der Waals surface area contributed by atoms with Crippen molar-refractivity contribution in [3.05, 3.63) is 87.4 Å². The molecule has 0 saturated carbocycles. The van der Waals surface area contributed by atoms with Crippen LogP contribution in [-0.2, 0) is 27.5 Å². The Morgan fingerprint density at radius 2 is 1.79 bits per heavy atom. The number of aliphatic imine (C=N–C) groups is 1. The van der Waals surface area contributed by atoms with Crippen LogP contribution in [0.1, 0.15) is 27.8 Å². The van der Waals surface area contributed by atoms with Crippen molar-refractivity contribution in [2.75, 3.05) is 26.1 Å². The number of rotatable bonds is 6. The van der Waals surface area contributed by atoms with E-state index in [1.54, 1.807) is 26.4 Å². The maximum atomic E-state index is 12.5. The first-order chi connectivity index (χ1) is 16.0. The van der Waals surface area contributed by atoms with Crippen molar-refractivity contribution >= 4 is 28.9 Å². The van der Waals surface area contributed by atoms with E-state index < -0.39 is 0 Å². The third-order valence-corrected chi connectivity index (χ3v) is 5.64.